The van der Waals surface area contributed by atoms with Crippen LogP contribution in [0, 0.1) is 0 Å². The fourth-order valence-corrected chi connectivity index (χ4v) is 5.09. The Morgan fingerprint density at radius 1 is 0.627 bits per heavy atom. The zero-order valence-electron chi connectivity index (χ0n) is 31.2. The number of hydrogen-bond donors (Lipinski definition) is 3. The molecule has 0 radical (unpaired) electrons. The highest BCUT2D eigenvalue weighted by molar-refractivity contribution is 7.47. The molecule has 0 heterocycles. The summed E-state index contributed by atoms with van der Waals surface area (Å²) in [5, 5.41) is 8.86. The van der Waals surface area contributed by atoms with Crippen molar-refractivity contribution in [2.24, 2.45) is 5.73 Å². The van der Waals surface area contributed by atoms with Crippen LogP contribution in [0.15, 0.2) is 85.1 Å². The van der Waals surface area contributed by atoms with E-state index in [1.165, 1.54) is 0 Å². The van der Waals surface area contributed by atoms with Gasteiger partial charge in [-0.1, -0.05) is 112 Å². The Morgan fingerprint density at radius 3 is 1.59 bits per heavy atom. The zero-order valence-corrected chi connectivity index (χ0v) is 32.1. The number of nitrogens with two attached hydrogens (primary N) is 1. The molecule has 10 nitrogen and oxygen atoms in total. The molecule has 0 spiro atoms. The topological polar surface area (TPSA) is 155 Å². The first-order chi connectivity index (χ1) is 24.7. The molecule has 51 heavy (non-hydrogen) atoms. The normalized spacial score (nSPS) is 15.1. The lowest BCUT2D eigenvalue weighted by atomic mass is 10.1. The third kappa shape index (κ3) is 35.3. The van der Waals surface area contributed by atoms with Crippen LogP contribution in [0.25, 0.3) is 0 Å². The number of esters is 1. The minimum atomic E-state index is -4.63. The van der Waals surface area contributed by atoms with E-state index in [2.05, 4.69) is 103 Å². The second-order valence-corrected chi connectivity index (χ2v) is 13.4. The summed E-state index contributed by atoms with van der Waals surface area (Å²) in [4.78, 5) is 33.4. The van der Waals surface area contributed by atoms with Gasteiger partial charge in [-0.25, -0.2) is 4.57 Å². The molecular formula is C40H66NO9P. The van der Waals surface area contributed by atoms with Crippen LogP contribution in [0.1, 0.15) is 117 Å². The van der Waals surface area contributed by atoms with Gasteiger partial charge in [0.25, 0.3) is 0 Å². The number of carbonyl (C=O) groups excluding carboxylic acids is 1. The van der Waals surface area contributed by atoms with Gasteiger partial charge in [0.1, 0.15) is 12.1 Å². The van der Waals surface area contributed by atoms with Gasteiger partial charge in [0.05, 0.1) is 19.8 Å². The number of rotatable bonds is 34. The second kappa shape index (κ2) is 35.5. The van der Waals surface area contributed by atoms with Gasteiger partial charge in [-0.2, -0.15) is 0 Å². The van der Waals surface area contributed by atoms with Gasteiger partial charge >= 0.3 is 19.8 Å². The number of carboxylic acid groups (broad SMARTS) is 1. The van der Waals surface area contributed by atoms with Crippen molar-refractivity contribution in [1.29, 1.82) is 0 Å². The first-order valence-corrected chi connectivity index (χ1v) is 20.1. The molecule has 0 rings (SSSR count). The summed E-state index contributed by atoms with van der Waals surface area (Å²) >= 11 is 0. The van der Waals surface area contributed by atoms with Crippen LogP contribution >= 0.6 is 7.82 Å². The van der Waals surface area contributed by atoms with E-state index in [1.54, 1.807) is 0 Å². The quantitative estimate of drug-likeness (QED) is 0.0252. The lowest BCUT2D eigenvalue weighted by molar-refractivity contribution is -0.154. The molecule has 3 unspecified atom stereocenters. The number of phosphoric acid groups is 1. The predicted molar refractivity (Wildman–Crippen MR) is 207 cm³/mol. The fraction of sp³-hybridized carbons (Fsp3) is 0.600. The number of unbranched alkanes of at least 4 members (excludes halogenated alkanes) is 6. The van der Waals surface area contributed by atoms with E-state index in [1.807, 2.05) is 0 Å². The first-order valence-electron chi connectivity index (χ1n) is 18.6. The van der Waals surface area contributed by atoms with Crippen LogP contribution in [0.4, 0.5) is 0 Å². The van der Waals surface area contributed by atoms with Crippen LogP contribution in [0.3, 0.4) is 0 Å². The molecule has 0 bridgehead atoms. The summed E-state index contributed by atoms with van der Waals surface area (Å²) in [5.74, 6) is -1.84. The zero-order chi connectivity index (χ0) is 37.7. The summed E-state index contributed by atoms with van der Waals surface area (Å²) in [6.07, 6.45) is 43.6. The van der Waals surface area contributed by atoms with E-state index in [0.717, 1.165) is 89.9 Å². The van der Waals surface area contributed by atoms with Crippen LogP contribution in [-0.4, -0.2) is 60.5 Å². The number of carboxylic acids is 1. The molecule has 0 aliphatic heterocycles. The van der Waals surface area contributed by atoms with Gasteiger partial charge in [-0.15, -0.1) is 0 Å². The third-order valence-corrected chi connectivity index (χ3v) is 8.12. The summed E-state index contributed by atoms with van der Waals surface area (Å²) < 4.78 is 33.1. The van der Waals surface area contributed by atoms with Crippen LogP contribution in [-0.2, 0) is 32.7 Å². The van der Waals surface area contributed by atoms with Crippen molar-refractivity contribution in [3.05, 3.63) is 85.1 Å². The molecule has 0 aliphatic rings. The average Bonchev–Trinajstić information content (AvgIpc) is 3.10. The lowest BCUT2D eigenvalue weighted by Gasteiger charge is -2.20. The molecule has 0 aromatic heterocycles. The predicted octanol–water partition coefficient (Wildman–Crippen LogP) is 9.64. The fourth-order valence-electron chi connectivity index (χ4n) is 4.31. The number of phosphoric ester groups is 1. The van der Waals surface area contributed by atoms with Gasteiger partial charge in [-0.3, -0.25) is 18.6 Å². The highest BCUT2D eigenvalue weighted by Gasteiger charge is 2.27. The van der Waals surface area contributed by atoms with Crippen molar-refractivity contribution in [2.45, 2.75) is 129 Å². The maximum atomic E-state index is 12.5. The van der Waals surface area contributed by atoms with Crippen molar-refractivity contribution in [1.82, 2.24) is 0 Å². The Morgan fingerprint density at radius 2 is 1.08 bits per heavy atom. The second-order valence-electron chi connectivity index (χ2n) is 11.9. The van der Waals surface area contributed by atoms with Gasteiger partial charge in [0.15, 0.2) is 0 Å². The Kier molecular flexibility index (Phi) is 33.6. The molecule has 0 aliphatic carbocycles. The SMILES string of the molecule is CC/C=C\C/C=C\C/C=C\C/C=C\CCCCC(=O)OC(COCCCCCC/C=C\C/C=C\C/C=C\CC)COP(=O)(O)OCC(N)C(=O)O. The highest BCUT2D eigenvalue weighted by Crippen LogP contribution is 2.43. The number of ether oxygens (including phenoxy) is 2. The number of allylic oxidation sites excluding steroid dienone is 14. The molecule has 290 valence electrons. The van der Waals surface area contributed by atoms with E-state index >= 15 is 0 Å². The maximum absolute atomic E-state index is 12.5. The van der Waals surface area contributed by atoms with Crippen molar-refractivity contribution in [2.75, 3.05) is 26.4 Å². The van der Waals surface area contributed by atoms with Gasteiger partial charge < -0.3 is 25.2 Å². The van der Waals surface area contributed by atoms with Crippen molar-refractivity contribution in [3.8, 4) is 0 Å². The third-order valence-electron chi connectivity index (χ3n) is 7.17. The number of hydrogen-bond acceptors (Lipinski definition) is 8. The maximum Gasteiger partial charge on any atom is 0.472 e. The molecule has 0 saturated heterocycles. The molecule has 0 amide bonds. The highest BCUT2D eigenvalue weighted by atomic mass is 31.2. The average molecular weight is 736 g/mol. The minimum Gasteiger partial charge on any atom is -0.480 e. The lowest BCUT2D eigenvalue weighted by Crippen LogP contribution is -2.34. The van der Waals surface area contributed by atoms with E-state index in [0.29, 0.717) is 13.0 Å². The molecule has 11 heteroatoms. The van der Waals surface area contributed by atoms with E-state index in [9.17, 15) is 19.0 Å². The summed E-state index contributed by atoms with van der Waals surface area (Å²) in [6.45, 7) is 3.50. The Balaban J connectivity index is 4.47. The molecule has 0 aromatic rings. The molecular weight excluding hydrogens is 669 g/mol. The molecule has 0 aromatic carbocycles. The molecule has 0 fully saturated rings. The Labute approximate surface area is 307 Å². The van der Waals surface area contributed by atoms with Gasteiger partial charge in [0, 0.05) is 13.0 Å². The molecule has 0 saturated carbocycles. The van der Waals surface area contributed by atoms with Crippen molar-refractivity contribution >= 4 is 19.8 Å². The molecule has 3 atom stereocenters. The summed E-state index contributed by atoms with van der Waals surface area (Å²) in [5.41, 5.74) is 5.33. The largest absolute Gasteiger partial charge is 0.480 e. The van der Waals surface area contributed by atoms with Crippen molar-refractivity contribution < 1.29 is 42.7 Å². The first kappa shape index (κ1) is 48.1. The smallest absolute Gasteiger partial charge is 0.472 e. The molecule has 4 N–H and O–H groups in total. The monoisotopic (exact) mass is 735 g/mol. The Hall–Kier alpha value is -2.85. The standard InChI is InChI=1S/C40H66NO9P/c1-3-5-7-9-11-13-15-17-19-20-22-24-26-28-30-32-39(42)50-37(35-48-51(45,46)49-36-38(41)40(43)44)34-47-33-31-29-27-25-23-21-18-16-14-12-10-8-6-4-2/h5-8,11-14,17-19,21-22,24,37-38H,3-4,9-10,15-16,20,23,25-36,41H2,1-2H3,(H,43,44)(H,45,46)/b7-5-,8-6-,13-11-,14-12-,19-17-,21-18-,24-22-. The Bertz CT molecular complexity index is 1130. The minimum absolute atomic E-state index is 0.0210. The van der Waals surface area contributed by atoms with Crippen LogP contribution in [0.5, 0.6) is 0 Å². The van der Waals surface area contributed by atoms with E-state index in [4.69, 9.17) is 24.8 Å². The summed E-state index contributed by atoms with van der Waals surface area (Å²) in [7, 11) is -4.63. The number of carbonyl (C=O) groups is 2. The number of aliphatic carboxylic acids is 1. The van der Waals surface area contributed by atoms with Gasteiger partial charge in [-0.05, 0) is 83.5 Å². The van der Waals surface area contributed by atoms with E-state index < -0.39 is 45.1 Å². The van der Waals surface area contributed by atoms with Gasteiger partial charge in [0.2, 0.25) is 0 Å². The van der Waals surface area contributed by atoms with E-state index in [-0.39, 0.29) is 13.0 Å². The van der Waals surface area contributed by atoms with Crippen molar-refractivity contribution in [3.63, 3.8) is 0 Å². The van der Waals surface area contributed by atoms with Crippen LogP contribution < -0.4 is 5.73 Å². The van der Waals surface area contributed by atoms with Crippen LogP contribution in [0.2, 0.25) is 0 Å². The summed E-state index contributed by atoms with van der Waals surface area (Å²) in [6, 6.07) is -1.49.